The predicted molar refractivity (Wildman–Crippen MR) is 78.0 cm³/mol. The summed E-state index contributed by atoms with van der Waals surface area (Å²) in [6.07, 6.45) is 3.87. The van der Waals surface area contributed by atoms with Gasteiger partial charge in [0.25, 0.3) is 0 Å². The highest BCUT2D eigenvalue weighted by Gasteiger charge is 2.06. The van der Waals surface area contributed by atoms with Crippen molar-refractivity contribution in [2.24, 2.45) is 5.92 Å². The third-order valence-electron chi connectivity index (χ3n) is 2.84. The largest absolute Gasteiger partial charge is 0.381 e. The van der Waals surface area contributed by atoms with E-state index in [1.165, 1.54) is 5.56 Å². The summed E-state index contributed by atoms with van der Waals surface area (Å²) in [5.74, 6) is 0.0272. The zero-order valence-electron chi connectivity index (χ0n) is 11.2. The Kier molecular flexibility index (Phi) is 4.23. The summed E-state index contributed by atoms with van der Waals surface area (Å²) in [7, 11) is 0. The first-order chi connectivity index (χ1) is 9.15. The Labute approximate surface area is 113 Å². The molecule has 0 fully saturated rings. The second-order valence-electron chi connectivity index (χ2n) is 4.79. The molecule has 2 aromatic rings. The molecule has 19 heavy (non-hydrogen) atoms. The van der Waals surface area contributed by atoms with E-state index in [1.54, 1.807) is 0 Å². The topological polar surface area (TPSA) is 56.9 Å². The smallest absolute Gasteiger partial charge is 0.226 e. The highest BCUT2D eigenvalue weighted by Crippen LogP contribution is 2.15. The van der Waals surface area contributed by atoms with E-state index in [9.17, 15) is 4.79 Å². The van der Waals surface area contributed by atoms with E-state index in [1.807, 2.05) is 56.6 Å². The first kappa shape index (κ1) is 13.2. The summed E-state index contributed by atoms with van der Waals surface area (Å²) in [5.41, 5.74) is 3.06. The van der Waals surface area contributed by atoms with Gasteiger partial charge in [0, 0.05) is 36.2 Å². The van der Waals surface area contributed by atoms with E-state index >= 15 is 0 Å². The lowest BCUT2D eigenvalue weighted by Crippen LogP contribution is -2.17. The first-order valence-corrected chi connectivity index (χ1v) is 6.41. The van der Waals surface area contributed by atoms with Crippen LogP contribution in [0.4, 0.5) is 11.4 Å². The number of carbonyl (C=O) groups is 1. The number of nitrogens with one attached hydrogen (secondary N) is 3. The summed E-state index contributed by atoms with van der Waals surface area (Å²) in [5, 5.41) is 6.18. The van der Waals surface area contributed by atoms with Gasteiger partial charge in [0.2, 0.25) is 5.91 Å². The Hall–Kier alpha value is -2.23. The molecule has 1 aromatic heterocycles. The molecule has 4 nitrogen and oxygen atoms in total. The van der Waals surface area contributed by atoms with E-state index in [0.29, 0.717) is 0 Å². The second kappa shape index (κ2) is 6.09. The average molecular weight is 257 g/mol. The van der Waals surface area contributed by atoms with Crippen LogP contribution in [-0.2, 0) is 11.3 Å². The van der Waals surface area contributed by atoms with Crippen molar-refractivity contribution < 1.29 is 4.79 Å². The van der Waals surface area contributed by atoms with Crippen LogP contribution in [0.3, 0.4) is 0 Å². The highest BCUT2D eigenvalue weighted by atomic mass is 16.1. The van der Waals surface area contributed by atoms with E-state index in [4.69, 9.17) is 0 Å². The lowest BCUT2D eigenvalue weighted by Gasteiger charge is -2.09. The van der Waals surface area contributed by atoms with Gasteiger partial charge in [0.1, 0.15) is 0 Å². The molecule has 3 N–H and O–H groups in total. The van der Waals surface area contributed by atoms with Crippen molar-refractivity contribution in [2.75, 3.05) is 10.6 Å². The standard InChI is InChI=1S/C15H19N3O/c1-11(2)15(19)18-14-5-3-13(4-6-14)17-10-12-7-8-16-9-12/h3-9,11,16-17H,10H2,1-2H3,(H,18,19). The molecule has 0 aliphatic rings. The number of aromatic amines is 1. The van der Waals surface area contributed by atoms with Crippen molar-refractivity contribution in [1.29, 1.82) is 0 Å². The van der Waals surface area contributed by atoms with Crippen LogP contribution in [0.1, 0.15) is 19.4 Å². The molecule has 0 radical (unpaired) electrons. The number of anilines is 2. The number of hydrogen-bond donors (Lipinski definition) is 3. The van der Waals surface area contributed by atoms with Crippen LogP contribution in [0.5, 0.6) is 0 Å². The van der Waals surface area contributed by atoms with Gasteiger partial charge in [-0.2, -0.15) is 0 Å². The van der Waals surface area contributed by atoms with Gasteiger partial charge in [-0.25, -0.2) is 0 Å². The molecule has 0 saturated carbocycles. The molecule has 0 bridgehead atoms. The normalized spacial score (nSPS) is 10.5. The van der Waals surface area contributed by atoms with E-state index in [-0.39, 0.29) is 11.8 Å². The van der Waals surface area contributed by atoms with Gasteiger partial charge in [0.15, 0.2) is 0 Å². The van der Waals surface area contributed by atoms with Gasteiger partial charge >= 0.3 is 0 Å². The lowest BCUT2D eigenvalue weighted by atomic mass is 10.2. The van der Waals surface area contributed by atoms with Crippen LogP contribution < -0.4 is 10.6 Å². The molecule has 0 saturated heterocycles. The minimum atomic E-state index is -0.00797. The number of hydrogen-bond acceptors (Lipinski definition) is 2. The van der Waals surface area contributed by atoms with Gasteiger partial charge in [-0.1, -0.05) is 13.8 Å². The Balaban J connectivity index is 1.89. The molecule has 2 rings (SSSR count). The second-order valence-corrected chi connectivity index (χ2v) is 4.79. The summed E-state index contributed by atoms with van der Waals surface area (Å²) in [6, 6.07) is 9.76. The van der Waals surface area contributed by atoms with Gasteiger partial charge in [-0.3, -0.25) is 4.79 Å². The molecular weight excluding hydrogens is 238 g/mol. The summed E-state index contributed by atoms with van der Waals surface area (Å²) in [4.78, 5) is 14.6. The quantitative estimate of drug-likeness (QED) is 0.770. The Morgan fingerprint density at radius 3 is 2.42 bits per heavy atom. The van der Waals surface area contributed by atoms with Crippen LogP contribution in [0.25, 0.3) is 0 Å². The van der Waals surface area contributed by atoms with Gasteiger partial charge in [-0.05, 0) is 35.9 Å². The number of amides is 1. The molecule has 0 unspecified atom stereocenters. The Morgan fingerprint density at radius 2 is 1.84 bits per heavy atom. The van der Waals surface area contributed by atoms with Crippen LogP contribution in [-0.4, -0.2) is 10.9 Å². The van der Waals surface area contributed by atoms with E-state index in [0.717, 1.165) is 17.9 Å². The van der Waals surface area contributed by atoms with Crippen LogP contribution in [0, 0.1) is 5.92 Å². The Morgan fingerprint density at radius 1 is 1.16 bits per heavy atom. The maximum Gasteiger partial charge on any atom is 0.226 e. The Bertz CT molecular complexity index is 515. The number of aromatic nitrogens is 1. The first-order valence-electron chi connectivity index (χ1n) is 6.41. The monoisotopic (exact) mass is 257 g/mol. The van der Waals surface area contributed by atoms with Crippen molar-refractivity contribution in [3.05, 3.63) is 48.3 Å². The lowest BCUT2D eigenvalue weighted by molar-refractivity contribution is -0.118. The summed E-state index contributed by atoms with van der Waals surface area (Å²) < 4.78 is 0. The minimum Gasteiger partial charge on any atom is -0.381 e. The average Bonchev–Trinajstić information content (AvgIpc) is 2.91. The minimum absolute atomic E-state index is 0.00797. The highest BCUT2D eigenvalue weighted by molar-refractivity contribution is 5.92. The third kappa shape index (κ3) is 3.88. The van der Waals surface area contributed by atoms with Crippen molar-refractivity contribution in [3.63, 3.8) is 0 Å². The predicted octanol–water partition coefficient (Wildman–Crippen LogP) is 3.22. The molecule has 1 amide bonds. The van der Waals surface area contributed by atoms with Gasteiger partial charge in [-0.15, -0.1) is 0 Å². The summed E-state index contributed by atoms with van der Waals surface area (Å²) >= 11 is 0. The van der Waals surface area contributed by atoms with Crippen molar-refractivity contribution in [2.45, 2.75) is 20.4 Å². The molecule has 0 aliphatic carbocycles. The van der Waals surface area contributed by atoms with Crippen LogP contribution in [0.15, 0.2) is 42.7 Å². The molecule has 1 aromatic carbocycles. The molecule has 4 heteroatoms. The van der Waals surface area contributed by atoms with E-state index in [2.05, 4.69) is 15.6 Å². The molecule has 100 valence electrons. The molecule has 0 aliphatic heterocycles. The molecule has 1 heterocycles. The van der Waals surface area contributed by atoms with Crippen molar-refractivity contribution in [3.8, 4) is 0 Å². The van der Waals surface area contributed by atoms with Crippen LogP contribution in [0.2, 0.25) is 0 Å². The number of H-pyrrole nitrogens is 1. The fourth-order valence-corrected chi connectivity index (χ4v) is 1.63. The number of benzene rings is 1. The zero-order valence-corrected chi connectivity index (χ0v) is 11.2. The van der Waals surface area contributed by atoms with Gasteiger partial charge < -0.3 is 15.6 Å². The maximum absolute atomic E-state index is 11.5. The van der Waals surface area contributed by atoms with Gasteiger partial charge in [0.05, 0.1) is 0 Å². The zero-order chi connectivity index (χ0) is 13.7. The molecular formula is C15H19N3O. The number of carbonyl (C=O) groups excluding carboxylic acids is 1. The fourth-order valence-electron chi connectivity index (χ4n) is 1.63. The van der Waals surface area contributed by atoms with Crippen LogP contribution >= 0.6 is 0 Å². The number of rotatable bonds is 5. The van der Waals surface area contributed by atoms with Crippen molar-refractivity contribution >= 4 is 17.3 Å². The SMILES string of the molecule is CC(C)C(=O)Nc1ccc(NCc2cc[nH]c2)cc1. The summed E-state index contributed by atoms with van der Waals surface area (Å²) in [6.45, 7) is 4.53. The maximum atomic E-state index is 11.5. The molecule has 0 atom stereocenters. The fraction of sp³-hybridized carbons (Fsp3) is 0.267. The van der Waals surface area contributed by atoms with E-state index < -0.39 is 0 Å². The molecule has 0 spiro atoms. The third-order valence-corrected chi connectivity index (χ3v) is 2.84. The van der Waals surface area contributed by atoms with Crippen molar-refractivity contribution in [1.82, 2.24) is 4.98 Å².